The Morgan fingerprint density at radius 3 is 2.60 bits per heavy atom. The SMILES string of the molecule is CC[C@H](Sc1nc2ccsc2c(=O)n1CCCC(=O)NCCc1ccc(S(N)(=O)=O)cc1)C(=O)Nc1cccc(C)c1. The zero-order valence-electron chi connectivity index (χ0n) is 23.3. The smallest absolute Gasteiger partial charge is 0.272 e. The third-order valence-electron chi connectivity index (χ3n) is 6.50. The number of nitrogens with one attached hydrogen (secondary N) is 2. The van der Waals surface area contributed by atoms with E-state index in [4.69, 9.17) is 10.1 Å². The first-order valence-corrected chi connectivity index (χ1v) is 16.8. The minimum absolute atomic E-state index is 0.0375. The van der Waals surface area contributed by atoms with E-state index in [1.165, 1.54) is 35.2 Å². The van der Waals surface area contributed by atoms with Crippen LogP contribution in [0, 0.1) is 6.92 Å². The Morgan fingerprint density at radius 2 is 1.90 bits per heavy atom. The summed E-state index contributed by atoms with van der Waals surface area (Å²) in [6, 6.07) is 15.6. The number of thioether (sulfide) groups is 1. The van der Waals surface area contributed by atoms with Crippen molar-refractivity contribution in [2.24, 2.45) is 5.14 Å². The van der Waals surface area contributed by atoms with Gasteiger partial charge in [0.15, 0.2) is 5.16 Å². The summed E-state index contributed by atoms with van der Waals surface area (Å²) in [4.78, 5) is 43.7. The Labute approximate surface area is 252 Å². The first-order valence-electron chi connectivity index (χ1n) is 13.5. The van der Waals surface area contributed by atoms with Crippen LogP contribution in [-0.2, 0) is 32.6 Å². The molecule has 0 saturated heterocycles. The highest BCUT2D eigenvalue weighted by Crippen LogP contribution is 2.27. The fourth-order valence-corrected chi connectivity index (χ4v) is 6.62. The molecule has 1 atom stereocenters. The maximum atomic E-state index is 13.3. The summed E-state index contributed by atoms with van der Waals surface area (Å²) >= 11 is 2.57. The van der Waals surface area contributed by atoms with E-state index in [1.807, 2.05) is 43.5 Å². The molecule has 2 heterocycles. The molecule has 0 aliphatic rings. The molecule has 0 radical (unpaired) electrons. The normalized spacial score (nSPS) is 12.3. The maximum Gasteiger partial charge on any atom is 0.272 e. The van der Waals surface area contributed by atoms with Crippen LogP contribution in [-0.4, -0.2) is 41.6 Å². The molecule has 0 aliphatic heterocycles. The average Bonchev–Trinajstić information content (AvgIpc) is 3.42. The molecule has 222 valence electrons. The first-order chi connectivity index (χ1) is 20.0. The monoisotopic (exact) mass is 627 g/mol. The van der Waals surface area contributed by atoms with Crippen LogP contribution in [0.25, 0.3) is 10.2 Å². The number of thiophene rings is 1. The number of hydrogen-bond donors (Lipinski definition) is 3. The van der Waals surface area contributed by atoms with E-state index >= 15 is 0 Å². The van der Waals surface area contributed by atoms with Gasteiger partial charge in [-0.2, -0.15) is 0 Å². The Morgan fingerprint density at radius 1 is 1.14 bits per heavy atom. The van der Waals surface area contributed by atoms with Gasteiger partial charge in [-0.3, -0.25) is 19.0 Å². The standard InChI is InChI=1S/C29H33N5O5S3/c1-3-24(27(36)32-21-7-4-6-19(2)18-21)41-29-33-23-14-17-40-26(23)28(37)34(29)16-5-8-25(35)31-15-13-20-9-11-22(12-10-20)42(30,38)39/h4,6-7,9-12,14,17-18,24H,3,5,8,13,15-16H2,1-2H3,(H,31,35)(H,32,36)(H2,30,38,39)/t24-/m0/s1. The van der Waals surface area contributed by atoms with Crippen molar-refractivity contribution in [3.8, 4) is 0 Å². The summed E-state index contributed by atoms with van der Waals surface area (Å²) in [5.74, 6) is -0.328. The van der Waals surface area contributed by atoms with E-state index in [-0.39, 0.29) is 35.2 Å². The maximum absolute atomic E-state index is 13.3. The molecule has 2 amide bonds. The molecule has 0 fully saturated rings. The van der Waals surface area contributed by atoms with Crippen molar-refractivity contribution in [1.29, 1.82) is 0 Å². The lowest BCUT2D eigenvalue weighted by Crippen LogP contribution is -2.29. The quantitative estimate of drug-likeness (QED) is 0.149. The van der Waals surface area contributed by atoms with Gasteiger partial charge in [0.1, 0.15) is 4.70 Å². The number of hydrogen-bond acceptors (Lipinski definition) is 8. The highest BCUT2D eigenvalue weighted by atomic mass is 32.2. The van der Waals surface area contributed by atoms with E-state index in [0.29, 0.717) is 46.9 Å². The molecule has 4 N–H and O–H groups in total. The van der Waals surface area contributed by atoms with E-state index in [0.717, 1.165) is 11.1 Å². The molecule has 4 aromatic rings. The largest absolute Gasteiger partial charge is 0.356 e. The lowest BCUT2D eigenvalue weighted by Gasteiger charge is -2.17. The van der Waals surface area contributed by atoms with Gasteiger partial charge < -0.3 is 10.6 Å². The van der Waals surface area contributed by atoms with Crippen molar-refractivity contribution in [2.75, 3.05) is 11.9 Å². The minimum Gasteiger partial charge on any atom is -0.356 e. The van der Waals surface area contributed by atoms with Gasteiger partial charge in [0.2, 0.25) is 21.8 Å². The highest BCUT2D eigenvalue weighted by molar-refractivity contribution is 8.00. The van der Waals surface area contributed by atoms with Gasteiger partial charge in [0.25, 0.3) is 5.56 Å². The van der Waals surface area contributed by atoms with Gasteiger partial charge in [0, 0.05) is 25.2 Å². The van der Waals surface area contributed by atoms with Crippen molar-refractivity contribution < 1.29 is 18.0 Å². The Balaban J connectivity index is 1.37. The summed E-state index contributed by atoms with van der Waals surface area (Å²) in [5, 5.41) is 12.7. The summed E-state index contributed by atoms with van der Waals surface area (Å²) < 4.78 is 24.9. The van der Waals surface area contributed by atoms with Crippen LogP contribution in [0.15, 0.2) is 74.8 Å². The summed E-state index contributed by atoms with van der Waals surface area (Å²) in [5.41, 5.74) is 3.02. The van der Waals surface area contributed by atoms with Crippen LogP contribution in [0.3, 0.4) is 0 Å². The first kappa shape index (κ1) is 31.4. The lowest BCUT2D eigenvalue weighted by atomic mass is 10.1. The van der Waals surface area contributed by atoms with Crippen molar-refractivity contribution in [3.05, 3.63) is 81.5 Å². The molecule has 0 aliphatic carbocycles. The number of carbonyl (C=O) groups excluding carboxylic acids is 2. The predicted molar refractivity (Wildman–Crippen MR) is 167 cm³/mol. The minimum atomic E-state index is -3.75. The van der Waals surface area contributed by atoms with Crippen molar-refractivity contribution in [2.45, 2.75) is 61.4 Å². The molecular weight excluding hydrogens is 595 g/mol. The zero-order chi connectivity index (χ0) is 30.3. The fourth-order valence-electron chi connectivity index (χ4n) is 4.28. The van der Waals surface area contributed by atoms with Crippen molar-refractivity contribution in [1.82, 2.24) is 14.9 Å². The van der Waals surface area contributed by atoms with E-state index in [2.05, 4.69) is 10.6 Å². The number of rotatable bonds is 13. The second-order valence-corrected chi connectivity index (χ2v) is 13.4. The van der Waals surface area contributed by atoms with Crippen molar-refractivity contribution >= 4 is 60.8 Å². The number of aryl methyl sites for hydroxylation is 1. The molecule has 2 aromatic carbocycles. The number of nitrogens with two attached hydrogens (primary N) is 1. The molecule has 0 bridgehead atoms. The van der Waals surface area contributed by atoms with E-state index in [9.17, 15) is 22.8 Å². The molecule has 0 spiro atoms. The highest BCUT2D eigenvalue weighted by Gasteiger charge is 2.22. The number of nitrogens with zero attached hydrogens (tertiary/aromatic N) is 2. The number of benzene rings is 2. The third-order valence-corrected chi connectivity index (χ3v) is 9.68. The van der Waals surface area contributed by atoms with E-state index < -0.39 is 15.3 Å². The summed E-state index contributed by atoms with van der Waals surface area (Å²) in [7, 11) is -3.75. The van der Waals surface area contributed by atoms with Crippen LogP contribution in [0.4, 0.5) is 5.69 Å². The number of amides is 2. The van der Waals surface area contributed by atoms with Gasteiger partial charge in [-0.15, -0.1) is 11.3 Å². The summed E-state index contributed by atoms with van der Waals surface area (Å²) in [6.45, 7) is 4.53. The number of sulfonamides is 1. The molecule has 2 aromatic heterocycles. The number of anilines is 1. The molecular formula is C29H33N5O5S3. The van der Waals surface area contributed by atoms with Crippen LogP contribution in [0.2, 0.25) is 0 Å². The topological polar surface area (TPSA) is 153 Å². The number of carbonyl (C=O) groups is 2. The van der Waals surface area contributed by atoms with Gasteiger partial charge in [-0.05, 0) is 73.0 Å². The fraction of sp³-hybridized carbons (Fsp3) is 0.310. The molecule has 10 nitrogen and oxygen atoms in total. The van der Waals surface area contributed by atoms with Gasteiger partial charge in [-0.25, -0.2) is 18.5 Å². The number of fused-ring (bicyclic) bond motifs is 1. The Kier molecular flexibility index (Phi) is 10.5. The summed E-state index contributed by atoms with van der Waals surface area (Å²) in [6.07, 6.45) is 1.67. The zero-order valence-corrected chi connectivity index (χ0v) is 25.8. The second-order valence-electron chi connectivity index (χ2n) is 9.75. The van der Waals surface area contributed by atoms with Crippen LogP contribution < -0.4 is 21.3 Å². The molecule has 42 heavy (non-hydrogen) atoms. The molecule has 13 heteroatoms. The predicted octanol–water partition coefficient (Wildman–Crippen LogP) is 4.06. The van der Waals surface area contributed by atoms with Gasteiger partial charge >= 0.3 is 0 Å². The number of primary sulfonamides is 1. The Hall–Kier alpha value is -3.52. The Bertz CT molecular complexity index is 1730. The third kappa shape index (κ3) is 8.28. The van der Waals surface area contributed by atoms with Crippen LogP contribution >= 0.6 is 23.1 Å². The van der Waals surface area contributed by atoms with Crippen molar-refractivity contribution in [3.63, 3.8) is 0 Å². The van der Waals surface area contributed by atoms with Crippen LogP contribution in [0.5, 0.6) is 0 Å². The second kappa shape index (κ2) is 14.1. The molecule has 0 saturated carbocycles. The van der Waals surface area contributed by atoms with Gasteiger partial charge in [0.05, 0.1) is 15.7 Å². The average molecular weight is 628 g/mol. The number of aromatic nitrogens is 2. The van der Waals surface area contributed by atoms with Crippen LogP contribution in [0.1, 0.15) is 37.3 Å². The van der Waals surface area contributed by atoms with E-state index in [1.54, 1.807) is 22.8 Å². The lowest BCUT2D eigenvalue weighted by molar-refractivity contribution is -0.121. The molecule has 4 rings (SSSR count). The van der Waals surface area contributed by atoms with Gasteiger partial charge in [-0.1, -0.05) is 43.0 Å². The molecule has 0 unspecified atom stereocenters.